The maximum Gasteiger partial charge on any atom is 0.240 e. The van der Waals surface area contributed by atoms with Crippen LogP contribution in [-0.4, -0.2) is 24.8 Å². The van der Waals surface area contributed by atoms with E-state index in [9.17, 15) is 4.79 Å². The number of hydrazone groups is 1. The highest BCUT2D eigenvalue weighted by Crippen LogP contribution is 2.21. The number of amides is 1. The molecule has 5 nitrogen and oxygen atoms in total. The normalized spacial score (nSPS) is 11.2. The SMILES string of the molecule is CCOc1ccc(C(C)=NNC(=O)CCCOc2ccc(Cl)cc2C)cc1. The molecule has 1 amide bonds. The lowest BCUT2D eigenvalue weighted by molar-refractivity contribution is -0.121. The van der Waals surface area contributed by atoms with E-state index in [0.29, 0.717) is 31.1 Å². The van der Waals surface area contributed by atoms with Crippen LogP contribution in [0.1, 0.15) is 37.8 Å². The van der Waals surface area contributed by atoms with Crippen LogP contribution < -0.4 is 14.9 Å². The third-order valence-electron chi connectivity index (χ3n) is 3.87. The van der Waals surface area contributed by atoms with Crippen molar-refractivity contribution in [1.29, 1.82) is 0 Å². The fourth-order valence-electron chi connectivity index (χ4n) is 2.42. The summed E-state index contributed by atoms with van der Waals surface area (Å²) in [6, 6.07) is 13.1. The first-order valence-electron chi connectivity index (χ1n) is 8.95. The van der Waals surface area contributed by atoms with Crippen LogP contribution in [0, 0.1) is 6.92 Å². The van der Waals surface area contributed by atoms with Gasteiger partial charge in [0.2, 0.25) is 5.91 Å². The molecule has 0 aromatic heterocycles. The Balaban J connectivity index is 1.73. The summed E-state index contributed by atoms with van der Waals surface area (Å²) in [5.41, 5.74) is 5.22. The molecule has 0 fully saturated rings. The Morgan fingerprint density at radius 3 is 2.56 bits per heavy atom. The van der Waals surface area contributed by atoms with Crippen molar-refractivity contribution in [2.24, 2.45) is 5.10 Å². The van der Waals surface area contributed by atoms with Gasteiger partial charge < -0.3 is 9.47 Å². The first kappa shape index (κ1) is 20.8. The summed E-state index contributed by atoms with van der Waals surface area (Å²) in [5, 5.41) is 4.83. The van der Waals surface area contributed by atoms with Gasteiger partial charge >= 0.3 is 0 Å². The third kappa shape index (κ3) is 6.94. The molecule has 27 heavy (non-hydrogen) atoms. The monoisotopic (exact) mass is 388 g/mol. The standard InChI is InChI=1S/C21H25ClN2O3/c1-4-26-19-10-7-17(8-11-19)16(3)23-24-21(25)6-5-13-27-20-12-9-18(22)14-15(20)2/h7-12,14H,4-6,13H2,1-3H3,(H,24,25). The molecule has 0 saturated heterocycles. The molecule has 0 radical (unpaired) electrons. The van der Waals surface area contributed by atoms with Crippen molar-refractivity contribution in [3.8, 4) is 11.5 Å². The Morgan fingerprint density at radius 2 is 1.89 bits per heavy atom. The van der Waals surface area contributed by atoms with Crippen LogP contribution in [0.25, 0.3) is 0 Å². The molecule has 2 rings (SSSR count). The number of benzene rings is 2. The Morgan fingerprint density at radius 1 is 1.15 bits per heavy atom. The third-order valence-corrected chi connectivity index (χ3v) is 4.11. The molecule has 2 aromatic rings. The van der Waals surface area contributed by atoms with E-state index in [1.165, 1.54) is 0 Å². The zero-order valence-corrected chi connectivity index (χ0v) is 16.7. The number of hydrogen-bond donors (Lipinski definition) is 1. The zero-order valence-electron chi connectivity index (χ0n) is 15.9. The van der Waals surface area contributed by atoms with Gasteiger partial charge in [-0.15, -0.1) is 0 Å². The van der Waals surface area contributed by atoms with Gasteiger partial charge in [-0.1, -0.05) is 11.6 Å². The molecule has 0 atom stereocenters. The van der Waals surface area contributed by atoms with Crippen LogP contribution in [0.5, 0.6) is 11.5 Å². The number of carbonyl (C=O) groups excluding carboxylic acids is 1. The number of nitrogens with zero attached hydrogens (tertiary/aromatic N) is 1. The van der Waals surface area contributed by atoms with Crippen molar-refractivity contribution < 1.29 is 14.3 Å². The number of aryl methyl sites for hydroxylation is 1. The Hall–Kier alpha value is -2.53. The minimum absolute atomic E-state index is 0.142. The fraction of sp³-hybridized carbons (Fsp3) is 0.333. The molecule has 0 aliphatic heterocycles. The van der Waals surface area contributed by atoms with Gasteiger partial charge in [-0.05, 0) is 80.8 Å². The molecule has 1 N–H and O–H groups in total. The average Bonchev–Trinajstić information content (AvgIpc) is 2.65. The highest BCUT2D eigenvalue weighted by molar-refractivity contribution is 6.30. The average molecular weight is 389 g/mol. The molecule has 0 bridgehead atoms. The van der Waals surface area contributed by atoms with Crippen molar-refractivity contribution in [2.75, 3.05) is 13.2 Å². The second-order valence-electron chi connectivity index (χ2n) is 6.05. The second kappa shape index (κ2) is 10.6. The lowest BCUT2D eigenvalue weighted by Gasteiger charge is -2.09. The van der Waals surface area contributed by atoms with E-state index in [4.69, 9.17) is 21.1 Å². The number of rotatable bonds is 9. The number of hydrogen-bond acceptors (Lipinski definition) is 4. The van der Waals surface area contributed by atoms with Crippen LogP contribution in [0.15, 0.2) is 47.6 Å². The van der Waals surface area contributed by atoms with Crippen LogP contribution in [0.2, 0.25) is 5.02 Å². The van der Waals surface area contributed by atoms with E-state index in [1.807, 2.05) is 57.2 Å². The van der Waals surface area contributed by atoms with Gasteiger partial charge in [0.1, 0.15) is 11.5 Å². The molecule has 0 unspecified atom stereocenters. The molecule has 0 heterocycles. The summed E-state index contributed by atoms with van der Waals surface area (Å²) in [6.07, 6.45) is 0.943. The van der Waals surface area contributed by atoms with E-state index in [1.54, 1.807) is 6.07 Å². The Kier molecular flexibility index (Phi) is 8.14. The predicted octanol–water partition coefficient (Wildman–Crippen LogP) is 4.75. The van der Waals surface area contributed by atoms with E-state index in [0.717, 1.165) is 28.3 Å². The van der Waals surface area contributed by atoms with Crippen LogP contribution in [0.4, 0.5) is 0 Å². The van der Waals surface area contributed by atoms with E-state index >= 15 is 0 Å². The zero-order chi connectivity index (χ0) is 19.6. The lowest BCUT2D eigenvalue weighted by Crippen LogP contribution is -2.19. The number of carbonyl (C=O) groups is 1. The van der Waals surface area contributed by atoms with Gasteiger partial charge in [0, 0.05) is 11.4 Å². The highest BCUT2D eigenvalue weighted by atomic mass is 35.5. The number of halogens is 1. The quantitative estimate of drug-likeness (QED) is 0.383. The van der Waals surface area contributed by atoms with Gasteiger partial charge in [0.25, 0.3) is 0 Å². The van der Waals surface area contributed by atoms with Gasteiger partial charge in [-0.2, -0.15) is 5.10 Å². The van der Waals surface area contributed by atoms with E-state index in [-0.39, 0.29) is 5.91 Å². The van der Waals surface area contributed by atoms with Gasteiger partial charge in [-0.3, -0.25) is 4.79 Å². The molecule has 0 aliphatic carbocycles. The van der Waals surface area contributed by atoms with Crippen LogP contribution in [0.3, 0.4) is 0 Å². The Labute approximate surface area is 165 Å². The smallest absolute Gasteiger partial charge is 0.240 e. The van der Waals surface area contributed by atoms with E-state index < -0.39 is 0 Å². The topological polar surface area (TPSA) is 59.9 Å². The summed E-state index contributed by atoms with van der Waals surface area (Å²) in [6.45, 7) is 6.81. The minimum atomic E-state index is -0.142. The molecule has 0 saturated carbocycles. The van der Waals surface area contributed by atoms with Gasteiger partial charge in [-0.25, -0.2) is 5.43 Å². The predicted molar refractivity (Wildman–Crippen MR) is 109 cm³/mol. The molecular weight excluding hydrogens is 364 g/mol. The summed E-state index contributed by atoms with van der Waals surface area (Å²) in [7, 11) is 0. The van der Waals surface area contributed by atoms with Crippen molar-refractivity contribution in [1.82, 2.24) is 5.43 Å². The first-order valence-corrected chi connectivity index (χ1v) is 9.32. The highest BCUT2D eigenvalue weighted by Gasteiger charge is 2.04. The van der Waals surface area contributed by atoms with Crippen LogP contribution in [-0.2, 0) is 4.79 Å². The summed E-state index contributed by atoms with van der Waals surface area (Å²) in [4.78, 5) is 11.9. The maximum absolute atomic E-state index is 11.9. The summed E-state index contributed by atoms with van der Waals surface area (Å²) in [5.74, 6) is 1.45. The fourth-order valence-corrected chi connectivity index (χ4v) is 2.64. The lowest BCUT2D eigenvalue weighted by atomic mass is 10.1. The minimum Gasteiger partial charge on any atom is -0.494 e. The largest absolute Gasteiger partial charge is 0.494 e. The molecular formula is C21H25ClN2O3. The molecule has 6 heteroatoms. The van der Waals surface area contributed by atoms with Crippen LogP contribution >= 0.6 is 11.6 Å². The molecule has 2 aromatic carbocycles. The maximum atomic E-state index is 11.9. The number of nitrogens with one attached hydrogen (secondary N) is 1. The van der Waals surface area contributed by atoms with Crippen molar-refractivity contribution in [3.05, 3.63) is 58.6 Å². The van der Waals surface area contributed by atoms with Crippen molar-refractivity contribution in [2.45, 2.75) is 33.6 Å². The molecule has 0 aliphatic rings. The number of ether oxygens (including phenoxy) is 2. The first-order chi connectivity index (χ1) is 13.0. The van der Waals surface area contributed by atoms with Gasteiger partial charge in [0.05, 0.1) is 18.9 Å². The van der Waals surface area contributed by atoms with Gasteiger partial charge in [0.15, 0.2) is 0 Å². The second-order valence-corrected chi connectivity index (χ2v) is 6.49. The molecule has 144 valence electrons. The molecule has 0 spiro atoms. The summed E-state index contributed by atoms with van der Waals surface area (Å²) < 4.78 is 11.1. The van der Waals surface area contributed by atoms with Crippen molar-refractivity contribution in [3.63, 3.8) is 0 Å². The van der Waals surface area contributed by atoms with Crippen molar-refractivity contribution >= 4 is 23.2 Å². The van der Waals surface area contributed by atoms with E-state index in [2.05, 4.69) is 10.5 Å². The summed E-state index contributed by atoms with van der Waals surface area (Å²) >= 11 is 5.92. The Bertz CT molecular complexity index is 789.